The Balaban J connectivity index is 2.33. The standard InChI is InChI=1S/C12H18N4O4S/c1-8-3-2-4-10(8)15-21(19,20)12-6-5-9(16(17)18)7-11(12)14-13/h5-8,10,14-15H,2-4,13H2,1H3. The highest BCUT2D eigenvalue weighted by atomic mass is 32.2. The maximum absolute atomic E-state index is 12.4. The minimum atomic E-state index is -3.78. The molecule has 9 heteroatoms. The van der Waals surface area contributed by atoms with Crippen LogP contribution in [0.2, 0.25) is 0 Å². The number of hydrogen-bond donors (Lipinski definition) is 3. The fraction of sp³-hybridized carbons (Fsp3) is 0.500. The van der Waals surface area contributed by atoms with Gasteiger partial charge in [-0.15, -0.1) is 0 Å². The summed E-state index contributed by atoms with van der Waals surface area (Å²) in [6.07, 6.45) is 2.75. The van der Waals surface area contributed by atoms with Crippen LogP contribution in [0.15, 0.2) is 23.1 Å². The number of nitro benzene ring substituents is 1. The van der Waals surface area contributed by atoms with Gasteiger partial charge in [0.15, 0.2) is 0 Å². The number of hydrazine groups is 1. The van der Waals surface area contributed by atoms with Gasteiger partial charge in [0.25, 0.3) is 5.69 Å². The number of nitrogens with two attached hydrogens (primary N) is 1. The summed E-state index contributed by atoms with van der Waals surface area (Å²) in [5, 5.41) is 10.7. The van der Waals surface area contributed by atoms with Gasteiger partial charge in [-0.3, -0.25) is 16.0 Å². The van der Waals surface area contributed by atoms with Crippen LogP contribution >= 0.6 is 0 Å². The molecule has 1 aliphatic rings. The Kier molecular flexibility index (Phi) is 4.45. The third-order valence-electron chi connectivity index (χ3n) is 3.79. The number of benzene rings is 1. The molecule has 116 valence electrons. The summed E-state index contributed by atoms with van der Waals surface area (Å²) in [6, 6.07) is 3.32. The number of nitrogen functional groups attached to an aromatic ring is 1. The van der Waals surface area contributed by atoms with Crippen LogP contribution in [0.4, 0.5) is 11.4 Å². The van der Waals surface area contributed by atoms with Gasteiger partial charge in [-0.25, -0.2) is 13.1 Å². The number of sulfonamides is 1. The van der Waals surface area contributed by atoms with Crippen LogP contribution in [-0.2, 0) is 10.0 Å². The van der Waals surface area contributed by atoms with E-state index < -0.39 is 14.9 Å². The van der Waals surface area contributed by atoms with Crippen LogP contribution in [-0.4, -0.2) is 19.4 Å². The number of anilines is 1. The van der Waals surface area contributed by atoms with Crippen molar-refractivity contribution in [3.8, 4) is 0 Å². The van der Waals surface area contributed by atoms with Crippen molar-refractivity contribution in [1.82, 2.24) is 4.72 Å². The van der Waals surface area contributed by atoms with Gasteiger partial charge >= 0.3 is 0 Å². The first-order chi connectivity index (χ1) is 9.85. The Labute approximate surface area is 122 Å². The number of nitrogens with one attached hydrogen (secondary N) is 2. The molecule has 0 saturated heterocycles. The molecule has 1 fully saturated rings. The molecule has 0 amide bonds. The van der Waals surface area contributed by atoms with Crippen molar-refractivity contribution in [1.29, 1.82) is 0 Å². The number of nitro groups is 1. The highest BCUT2D eigenvalue weighted by Crippen LogP contribution is 2.29. The van der Waals surface area contributed by atoms with Gasteiger partial charge in [0, 0.05) is 18.2 Å². The van der Waals surface area contributed by atoms with E-state index in [2.05, 4.69) is 10.1 Å². The van der Waals surface area contributed by atoms with E-state index in [0.29, 0.717) is 0 Å². The molecule has 1 aromatic carbocycles. The summed E-state index contributed by atoms with van der Waals surface area (Å²) in [5.41, 5.74) is 1.99. The number of nitrogens with zero attached hydrogens (tertiary/aromatic N) is 1. The van der Waals surface area contributed by atoms with Gasteiger partial charge in [0.2, 0.25) is 10.0 Å². The second-order valence-electron chi connectivity index (χ2n) is 5.22. The van der Waals surface area contributed by atoms with Crippen LogP contribution in [0, 0.1) is 16.0 Å². The quantitative estimate of drug-likeness (QED) is 0.427. The Morgan fingerprint density at radius 1 is 1.38 bits per heavy atom. The summed E-state index contributed by atoms with van der Waals surface area (Å²) in [6.45, 7) is 2.00. The van der Waals surface area contributed by atoms with Gasteiger partial charge in [0.05, 0.1) is 10.6 Å². The molecule has 8 nitrogen and oxygen atoms in total. The Hall–Kier alpha value is -1.71. The van der Waals surface area contributed by atoms with Crippen molar-refractivity contribution >= 4 is 21.4 Å². The highest BCUT2D eigenvalue weighted by Gasteiger charge is 2.30. The summed E-state index contributed by atoms with van der Waals surface area (Å²) in [5.74, 6) is 5.56. The molecule has 1 aliphatic carbocycles. The van der Waals surface area contributed by atoms with Crippen LogP contribution in [0.5, 0.6) is 0 Å². The van der Waals surface area contributed by atoms with Crippen molar-refractivity contribution < 1.29 is 13.3 Å². The van der Waals surface area contributed by atoms with Gasteiger partial charge in [-0.05, 0) is 24.8 Å². The second kappa shape index (κ2) is 5.96. The van der Waals surface area contributed by atoms with Crippen LogP contribution in [0.25, 0.3) is 0 Å². The minimum absolute atomic E-state index is 0.00218. The molecule has 1 saturated carbocycles. The molecule has 2 unspecified atom stereocenters. The first-order valence-electron chi connectivity index (χ1n) is 6.62. The zero-order valence-corrected chi connectivity index (χ0v) is 12.4. The average molecular weight is 314 g/mol. The highest BCUT2D eigenvalue weighted by molar-refractivity contribution is 7.89. The third kappa shape index (κ3) is 3.31. The molecule has 2 atom stereocenters. The fourth-order valence-corrected chi connectivity index (χ4v) is 4.09. The molecule has 0 radical (unpaired) electrons. The molecule has 0 bridgehead atoms. The summed E-state index contributed by atoms with van der Waals surface area (Å²) >= 11 is 0. The smallest absolute Gasteiger partial charge is 0.271 e. The lowest BCUT2D eigenvalue weighted by Gasteiger charge is -2.18. The van der Waals surface area contributed by atoms with Gasteiger partial charge in [0.1, 0.15) is 4.90 Å². The number of non-ortho nitro benzene ring substituents is 1. The van der Waals surface area contributed by atoms with Crippen molar-refractivity contribution in [2.24, 2.45) is 11.8 Å². The van der Waals surface area contributed by atoms with E-state index >= 15 is 0 Å². The van der Waals surface area contributed by atoms with Crippen molar-refractivity contribution in [2.45, 2.75) is 37.1 Å². The summed E-state index contributed by atoms with van der Waals surface area (Å²) in [4.78, 5) is 10.0. The number of rotatable bonds is 5. The lowest BCUT2D eigenvalue weighted by Crippen LogP contribution is -2.36. The van der Waals surface area contributed by atoms with E-state index in [4.69, 9.17) is 5.84 Å². The Bertz CT molecular complexity index is 647. The van der Waals surface area contributed by atoms with E-state index in [0.717, 1.165) is 31.4 Å². The SMILES string of the molecule is CC1CCCC1NS(=O)(=O)c1ccc([N+](=O)[O-])cc1NN. The zero-order chi connectivity index (χ0) is 15.6. The third-order valence-corrected chi connectivity index (χ3v) is 5.34. The molecule has 1 aromatic rings. The second-order valence-corrected chi connectivity index (χ2v) is 6.90. The van der Waals surface area contributed by atoms with Crippen LogP contribution in [0.1, 0.15) is 26.2 Å². The van der Waals surface area contributed by atoms with E-state index in [1.807, 2.05) is 6.92 Å². The molecule has 0 aromatic heterocycles. The van der Waals surface area contributed by atoms with Gasteiger partial charge in [-0.2, -0.15) is 0 Å². The molecular weight excluding hydrogens is 296 g/mol. The maximum Gasteiger partial charge on any atom is 0.271 e. The molecule has 0 heterocycles. The van der Waals surface area contributed by atoms with Gasteiger partial charge in [-0.1, -0.05) is 13.3 Å². The zero-order valence-electron chi connectivity index (χ0n) is 11.6. The largest absolute Gasteiger partial charge is 0.323 e. The topological polar surface area (TPSA) is 127 Å². The van der Waals surface area contributed by atoms with E-state index in [1.165, 1.54) is 6.07 Å². The Morgan fingerprint density at radius 3 is 2.62 bits per heavy atom. The van der Waals surface area contributed by atoms with Crippen LogP contribution < -0.4 is 16.0 Å². The van der Waals surface area contributed by atoms with Crippen molar-refractivity contribution in [3.05, 3.63) is 28.3 Å². The first kappa shape index (κ1) is 15.7. The van der Waals surface area contributed by atoms with E-state index in [1.54, 1.807) is 0 Å². The average Bonchev–Trinajstić information content (AvgIpc) is 2.82. The summed E-state index contributed by atoms with van der Waals surface area (Å²) in [7, 11) is -3.78. The predicted octanol–water partition coefficient (Wildman–Crippen LogP) is 1.35. The number of hydrogen-bond acceptors (Lipinski definition) is 6. The van der Waals surface area contributed by atoms with Crippen molar-refractivity contribution in [3.63, 3.8) is 0 Å². The van der Waals surface area contributed by atoms with Crippen molar-refractivity contribution in [2.75, 3.05) is 5.43 Å². The predicted molar refractivity (Wildman–Crippen MR) is 78.0 cm³/mol. The molecule has 0 aliphatic heterocycles. The van der Waals surface area contributed by atoms with Crippen LogP contribution in [0.3, 0.4) is 0 Å². The lowest BCUT2D eigenvalue weighted by molar-refractivity contribution is -0.384. The fourth-order valence-electron chi connectivity index (χ4n) is 2.56. The van der Waals surface area contributed by atoms with E-state index in [-0.39, 0.29) is 28.2 Å². The monoisotopic (exact) mass is 314 g/mol. The first-order valence-corrected chi connectivity index (χ1v) is 8.11. The van der Waals surface area contributed by atoms with E-state index in [9.17, 15) is 18.5 Å². The maximum atomic E-state index is 12.4. The Morgan fingerprint density at radius 2 is 2.10 bits per heavy atom. The summed E-state index contributed by atoms with van der Waals surface area (Å²) < 4.78 is 27.5. The minimum Gasteiger partial charge on any atom is -0.323 e. The molecular formula is C12H18N4O4S. The molecule has 2 rings (SSSR count). The lowest BCUT2D eigenvalue weighted by atomic mass is 10.1. The molecule has 0 spiro atoms. The molecule has 4 N–H and O–H groups in total. The molecule has 21 heavy (non-hydrogen) atoms. The normalized spacial score (nSPS) is 22.2. The van der Waals surface area contributed by atoms with Gasteiger partial charge < -0.3 is 5.43 Å².